The first-order chi connectivity index (χ1) is 11.6. The van der Waals surface area contributed by atoms with Gasteiger partial charge in [-0.05, 0) is 36.1 Å². The molecule has 6 heteroatoms. The second kappa shape index (κ2) is 5.60. The van der Waals surface area contributed by atoms with Crippen LogP contribution in [-0.4, -0.2) is 4.92 Å². The van der Waals surface area contributed by atoms with Crippen LogP contribution >= 0.6 is 11.6 Å². The Morgan fingerprint density at radius 2 is 2.12 bits per heavy atom. The highest BCUT2D eigenvalue weighted by Gasteiger charge is 2.42. The van der Waals surface area contributed by atoms with Gasteiger partial charge in [0.25, 0.3) is 5.69 Å². The second-order valence-corrected chi connectivity index (χ2v) is 6.55. The van der Waals surface area contributed by atoms with Crippen LogP contribution in [0, 0.1) is 21.8 Å². The molecular weight excluding hydrogens is 331 g/mol. The molecule has 1 N–H and O–H groups in total. The number of fused-ring (bicyclic) bond motifs is 3. The Morgan fingerprint density at radius 1 is 1.29 bits per heavy atom. The van der Waals surface area contributed by atoms with Gasteiger partial charge in [0.05, 0.1) is 27.2 Å². The smallest absolute Gasteiger partial charge is 0.275 e. The lowest BCUT2D eigenvalue weighted by Gasteiger charge is -2.37. The summed E-state index contributed by atoms with van der Waals surface area (Å²) in [6.07, 6.45) is 4.81. The quantitative estimate of drug-likeness (QED) is 0.462. The van der Waals surface area contributed by atoms with Crippen molar-refractivity contribution in [2.45, 2.75) is 18.4 Å². The number of allylic oxidation sites excluding steroid dienone is 2. The summed E-state index contributed by atoms with van der Waals surface area (Å²) in [6.45, 7) is 0. The Labute approximate surface area is 143 Å². The number of hydrogen-bond acceptors (Lipinski definition) is 3. The summed E-state index contributed by atoms with van der Waals surface area (Å²) in [4.78, 5) is 11.1. The molecule has 2 aliphatic rings. The van der Waals surface area contributed by atoms with Crippen LogP contribution in [0.25, 0.3) is 0 Å². The van der Waals surface area contributed by atoms with Crippen molar-refractivity contribution in [2.75, 3.05) is 5.32 Å². The number of nitrogens with zero attached hydrogens (tertiary/aromatic N) is 1. The number of hydrogen-bond donors (Lipinski definition) is 1. The van der Waals surface area contributed by atoms with E-state index in [4.69, 9.17) is 11.6 Å². The summed E-state index contributed by atoms with van der Waals surface area (Å²) in [5, 5.41) is 15.2. The van der Waals surface area contributed by atoms with E-state index in [2.05, 4.69) is 5.32 Å². The maximum Gasteiger partial charge on any atom is 0.275 e. The fourth-order valence-electron chi connectivity index (χ4n) is 3.84. The molecule has 2 aromatic carbocycles. The Bertz CT molecular complexity index is 868. The largest absolute Gasteiger partial charge is 0.376 e. The summed E-state index contributed by atoms with van der Waals surface area (Å²) in [5.74, 6) is -0.308. The van der Waals surface area contributed by atoms with Crippen molar-refractivity contribution >= 4 is 23.0 Å². The van der Waals surface area contributed by atoms with Gasteiger partial charge in [-0.1, -0.05) is 35.9 Å². The molecule has 0 amide bonds. The van der Waals surface area contributed by atoms with Crippen LogP contribution in [-0.2, 0) is 0 Å². The van der Waals surface area contributed by atoms with Crippen molar-refractivity contribution in [3.63, 3.8) is 0 Å². The minimum atomic E-state index is -0.372. The molecule has 0 fully saturated rings. The first-order valence-corrected chi connectivity index (χ1v) is 8.09. The standard InChI is InChI=1S/C18H14ClFN2O2/c19-14-7-8-15(22(23)24)16-12-5-2-6-13(12)17(21-18(14)16)10-3-1-4-11(20)9-10/h1-5,7-9,12-13,17,21H,6H2/t12-,13+,17+/m1/s1. The van der Waals surface area contributed by atoms with Crippen molar-refractivity contribution < 1.29 is 9.31 Å². The number of halogens is 2. The lowest BCUT2D eigenvalue weighted by Crippen LogP contribution is -2.30. The van der Waals surface area contributed by atoms with Crippen LogP contribution in [0.2, 0.25) is 5.02 Å². The van der Waals surface area contributed by atoms with Gasteiger partial charge in [-0.25, -0.2) is 4.39 Å². The van der Waals surface area contributed by atoms with E-state index in [0.29, 0.717) is 16.3 Å². The molecule has 24 heavy (non-hydrogen) atoms. The number of nitrogens with one attached hydrogen (secondary N) is 1. The lowest BCUT2D eigenvalue weighted by molar-refractivity contribution is -0.385. The minimum absolute atomic E-state index is 0.0705. The van der Waals surface area contributed by atoms with E-state index in [1.54, 1.807) is 6.07 Å². The zero-order valence-corrected chi connectivity index (χ0v) is 13.3. The van der Waals surface area contributed by atoms with Crippen LogP contribution in [0.3, 0.4) is 0 Å². The first kappa shape index (κ1) is 15.1. The monoisotopic (exact) mass is 344 g/mol. The van der Waals surface area contributed by atoms with E-state index in [-0.39, 0.29) is 34.3 Å². The van der Waals surface area contributed by atoms with Crippen molar-refractivity contribution in [1.82, 2.24) is 0 Å². The number of nitro groups is 1. The Hall–Kier alpha value is -2.40. The highest BCUT2D eigenvalue weighted by molar-refractivity contribution is 6.33. The summed E-state index contributed by atoms with van der Waals surface area (Å²) < 4.78 is 13.7. The number of rotatable bonds is 2. The van der Waals surface area contributed by atoms with Crippen molar-refractivity contribution in [1.29, 1.82) is 0 Å². The highest BCUT2D eigenvalue weighted by Crippen LogP contribution is 2.54. The lowest BCUT2D eigenvalue weighted by atomic mass is 9.76. The van der Waals surface area contributed by atoms with Gasteiger partial charge in [0, 0.05) is 12.0 Å². The van der Waals surface area contributed by atoms with Crippen LogP contribution in [0.15, 0.2) is 48.6 Å². The van der Waals surface area contributed by atoms with Crippen LogP contribution in [0.1, 0.15) is 29.5 Å². The van der Waals surface area contributed by atoms with Crippen molar-refractivity contribution in [3.8, 4) is 0 Å². The van der Waals surface area contributed by atoms with Crippen LogP contribution in [0.4, 0.5) is 15.8 Å². The van der Waals surface area contributed by atoms with E-state index in [1.807, 2.05) is 18.2 Å². The van der Waals surface area contributed by atoms with Crippen molar-refractivity contribution in [2.24, 2.45) is 5.92 Å². The number of nitro benzene ring substituents is 1. The molecule has 0 bridgehead atoms. The molecule has 0 aromatic heterocycles. The fourth-order valence-corrected chi connectivity index (χ4v) is 4.06. The highest BCUT2D eigenvalue weighted by atomic mass is 35.5. The first-order valence-electron chi connectivity index (χ1n) is 7.71. The van der Waals surface area contributed by atoms with Crippen LogP contribution < -0.4 is 5.32 Å². The molecule has 1 heterocycles. The third kappa shape index (κ3) is 2.27. The zero-order valence-electron chi connectivity index (χ0n) is 12.6. The molecule has 0 saturated carbocycles. The van der Waals surface area contributed by atoms with E-state index >= 15 is 0 Å². The topological polar surface area (TPSA) is 55.2 Å². The average molecular weight is 345 g/mol. The van der Waals surface area contributed by atoms with Gasteiger partial charge in [-0.2, -0.15) is 0 Å². The molecular formula is C18H14ClFN2O2. The summed E-state index contributed by atoms with van der Waals surface area (Å²) >= 11 is 6.31. The van der Waals surface area contributed by atoms with Crippen molar-refractivity contribution in [3.05, 3.63) is 80.6 Å². The van der Waals surface area contributed by atoms with Gasteiger partial charge in [-0.15, -0.1) is 0 Å². The molecule has 0 unspecified atom stereocenters. The molecule has 0 radical (unpaired) electrons. The normalized spacial score (nSPS) is 24.2. The molecule has 0 saturated heterocycles. The SMILES string of the molecule is O=[N+]([O-])c1ccc(Cl)c2c1[C@@H]1C=CC[C@@H]1[C@H](c1cccc(F)c1)N2. The van der Waals surface area contributed by atoms with E-state index < -0.39 is 0 Å². The summed E-state index contributed by atoms with van der Waals surface area (Å²) in [7, 11) is 0. The van der Waals surface area contributed by atoms with E-state index in [1.165, 1.54) is 24.3 Å². The summed E-state index contributed by atoms with van der Waals surface area (Å²) in [6, 6.07) is 9.29. The molecule has 3 atom stereocenters. The predicted octanol–water partition coefficient (Wildman–Crippen LogP) is 5.21. The molecule has 4 nitrogen and oxygen atoms in total. The maximum atomic E-state index is 13.7. The third-order valence-electron chi connectivity index (χ3n) is 4.85. The zero-order chi connectivity index (χ0) is 16.8. The minimum Gasteiger partial charge on any atom is -0.376 e. The summed E-state index contributed by atoms with van der Waals surface area (Å²) in [5.41, 5.74) is 2.09. The van der Waals surface area contributed by atoms with Gasteiger partial charge >= 0.3 is 0 Å². The predicted molar refractivity (Wildman–Crippen MR) is 90.9 cm³/mol. The van der Waals surface area contributed by atoms with Gasteiger partial charge in [0.15, 0.2) is 0 Å². The molecule has 122 valence electrons. The van der Waals surface area contributed by atoms with E-state index in [0.717, 1.165) is 12.0 Å². The van der Waals surface area contributed by atoms with Gasteiger partial charge in [0.2, 0.25) is 0 Å². The molecule has 2 aromatic rings. The Morgan fingerprint density at radius 3 is 2.88 bits per heavy atom. The maximum absolute atomic E-state index is 13.7. The fraction of sp³-hybridized carbons (Fsp3) is 0.222. The molecule has 4 rings (SSSR count). The van der Waals surface area contributed by atoms with Gasteiger partial charge < -0.3 is 5.32 Å². The molecule has 1 aliphatic heterocycles. The number of benzene rings is 2. The molecule has 0 spiro atoms. The van der Waals surface area contributed by atoms with Gasteiger partial charge in [0.1, 0.15) is 5.82 Å². The van der Waals surface area contributed by atoms with Gasteiger partial charge in [-0.3, -0.25) is 10.1 Å². The van der Waals surface area contributed by atoms with Crippen LogP contribution in [0.5, 0.6) is 0 Å². The Kier molecular flexibility index (Phi) is 3.53. The average Bonchev–Trinajstić information content (AvgIpc) is 3.04. The second-order valence-electron chi connectivity index (χ2n) is 6.14. The Balaban J connectivity index is 1.88. The number of anilines is 1. The molecule has 1 aliphatic carbocycles. The van der Waals surface area contributed by atoms with E-state index in [9.17, 15) is 14.5 Å². The third-order valence-corrected chi connectivity index (χ3v) is 5.17.